The number of pyridine rings is 1. The van der Waals surface area contributed by atoms with Crippen LogP contribution in [0.15, 0.2) is 59.5 Å². The van der Waals surface area contributed by atoms with E-state index in [2.05, 4.69) is 10.2 Å². The summed E-state index contributed by atoms with van der Waals surface area (Å²) >= 11 is 12.3. The molecule has 0 aliphatic heterocycles. The number of aryl methyl sites for hydroxylation is 1. The first-order valence-electron chi connectivity index (χ1n) is 9.91. The molecule has 32 heavy (non-hydrogen) atoms. The summed E-state index contributed by atoms with van der Waals surface area (Å²) < 4.78 is 8.36. The van der Waals surface area contributed by atoms with Crippen molar-refractivity contribution in [2.75, 3.05) is 7.11 Å². The zero-order chi connectivity index (χ0) is 22.4. The molecule has 0 saturated heterocycles. The topological polar surface area (TPSA) is 74.3 Å². The van der Waals surface area contributed by atoms with Gasteiger partial charge in [-0.25, -0.2) is 4.52 Å². The molecule has 0 radical (unpaired) electrons. The van der Waals surface area contributed by atoms with E-state index in [1.54, 1.807) is 42.1 Å². The number of aromatic nitrogens is 5. The second kappa shape index (κ2) is 7.93. The largest absolute Gasteiger partial charge is 0.497 e. The molecule has 0 fully saturated rings. The normalized spacial score (nSPS) is 11.4. The predicted molar refractivity (Wildman–Crippen MR) is 125 cm³/mol. The second-order valence-corrected chi connectivity index (χ2v) is 8.00. The van der Waals surface area contributed by atoms with Gasteiger partial charge in [0.05, 0.1) is 29.1 Å². The summed E-state index contributed by atoms with van der Waals surface area (Å²) in [7, 11) is 1.63. The highest BCUT2D eigenvalue weighted by molar-refractivity contribution is 6.35. The van der Waals surface area contributed by atoms with Crippen LogP contribution in [0.25, 0.3) is 33.5 Å². The van der Waals surface area contributed by atoms with Gasteiger partial charge in [-0.05, 0) is 48.4 Å². The minimum Gasteiger partial charge on any atom is -0.497 e. The highest BCUT2D eigenvalue weighted by Crippen LogP contribution is 2.30. The van der Waals surface area contributed by atoms with Gasteiger partial charge in [0.2, 0.25) is 0 Å². The van der Waals surface area contributed by atoms with E-state index in [1.165, 1.54) is 4.57 Å². The van der Waals surface area contributed by atoms with Gasteiger partial charge < -0.3 is 4.74 Å². The van der Waals surface area contributed by atoms with Crippen LogP contribution in [0.5, 0.6) is 5.75 Å². The van der Waals surface area contributed by atoms with E-state index in [-0.39, 0.29) is 11.1 Å². The van der Waals surface area contributed by atoms with Crippen LogP contribution in [-0.4, -0.2) is 31.5 Å². The molecule has 0 unspecified atom stereocenters. The van der Waals surface area contributed by atoms with E-state index >= 15 is 0 Å². The van der Waals surface area contributed by atoms with Crippen molar-refractivity contribution >= 4 is 39.9 Å². The Hall–Kier alpha value is -3.42. The number of halogens is 2. The first-order valence-corrected chi connectivity index (χ1v) is 10.7. The summed E-state index contributed by atoms with van der Waals surface area (Å²) in [5.41, 5.74) is 4.21. The lowest BCUT2D eigenvalue weighted by molar-refractivity contribution is 0.415. The van der Waals surface area contributed by atoms with Crippen LogP contribution in [0.3, 0.4) is 0 Å². The molecular formula is C23H17Cl2N5O2. The van der Waals surface area contributed by atoms with Gasteiger partial charge in [0.15, 0.2) is 11.2 Å². The van der Waals surface area contributed by atoms with Crippen LogP contribution in [-0.2, 0) is 6.42 Å². The Morgan fingerprint density at radius 2 is 1.81 bits per heavy atom. The summed E-state index contributed by atoms with van der Waals surface area (Å²) in [4.78, 5) is 13.2. The molecule has 9 heteroatoms. The summed E-state index contributed by atoms with van der Waals surface area (Å²) in [5.74, 6) is 0.765. The van der Waals surface area contributed by atoms with E-state index < -0.39 is 0 Å². The lowest BCUT2D eigenvalue weighted by Crippen LogP contribution is -2.20. The second-order valence-electron chi connectivity index (χ2n) is 7.16. The molecule has 0 N–H and O–H groups in total. The Balaban J connectivity index is 1.74. The molecule has 0 atom stereocenters. The lowest BCUT2D eigenvalue weighted by atomic mass is 10.0. The van der Waals surface area contributed by atoms with Crippen molar-refractivity contribution in [3.8, 4) is 22.6 Å². The maximum absolute atomic E-state index is 13.2. The van der Waals surface area contributed by atoms with Gasteiger partial charge in [0.25, 0.3) is 5.56 Å². The maximum Gasteiger partial charge on any atom is 0.285 e. The van der Waals surface area contributed by atoms with Gasteiger partial charge in [0.1, 0.15) is 11.3 Å². The van der Waals surface area contributed by atoms with Crippen molar-refractivity contribution in [2.45, 2.75) is 13.3 Å². The Morgan fingerprint density at radius 3 is 2.50 bits per heavy atom. The molecule has 0 amide bonds. The van der Waals surface area contributed by atoms with Crippen LogP contribution in [0.2, 0.25) is 10.0 Å². The summed E-state index contributed by atoms with van der Waals surface area (Å²) in [6.07, 6.45) is 2.35. The Morgan fingerprint density at radius 1 is 1.03 bits per heavy atom. The number of benzene rings is 2. The Bertz CT molecular complexity index is 1540. The molecule has 5 aromatic rings. The summed E-state index contributed by atoms with van der Waals surface area (Å²) in [6, 6.07) is 14.4. The van der Waals surface area contributed by atoms with Crippen LogP contribution >= 0.6 is 23.2 Å². The molecule has 0 bridgehead atoms. The third-order valence-corrected chi connectivity index (χ3v) is 5.87. The van der Waals surface area contributed by atoms with Crippen molar-refractivity contribution < 1.29 is 4.74 Å². The number of fused-ring (bicyclic) bond motifs is 3. The van der Waals surface area contributed by atoms with Gasteiger partial charge in [-0.3, -0.25) is 9.36 Å². The first-order chi connectivity index (χ1) is 15.5. The van der Waals surface area contributed by atoms with Crippen molar-refractivity contribution in [2.24, 2.45) is 0 Å². The molecule has 3 aromatic heterocycles. The molecule has 0 saturated carbocycles. The van der Waals surface area contributed by atoms with E-state index in [0.717, 1.165) is 22.6 Å². The number of nitrogens with zero attached hydrogens (tertiary/aromatic N) is 5. The average Bonchev–Trinajstić information content (AvgIpc) is 3.19. The molecule has 7 nitrogen and oxygen atoms in total. The fourth-order valence-corrected chi connectivity index (χ4v) is 4.26. The van der Waals surface area contributed by atoms with E-state index in [4.69, 9.17) is 33.0 Å². The lowest BCUT2D eigenvalue weighted by Gasteiger charge is -2.09. The monoisotopic (exact) mass is 465 g/mol. The van der Waals surface area contributed by atoms with Crippen molar-refractivity contribution in [3.63, 3.8) is 0 Å². The van der Waals surface area contributed by atoms with Gasteiger partial charge in [-0.1, -0.05) is 42.3 Å². The molecule has 5 rings (SSSR count). The zero-order valence-electron chi connectivity index (χ0n) is 17.2. The fourth-order valence-electron chi connectivity index (χ4n) is 3.76. The standard InChI is InChI=1S/C23H17Cl2N5O2/c1-3-17-20(13-4-7-15(32-2)8-5-13)22-27-26-21-19(30(22)28-17)10-11-29(23(21)31)18-9-6-14(24)12-16(18)25/h4-12H,3H2,1-2H3. The van der Waals surface area contributed by atoms with Gasteiger partial charge in [-0.2, -0.15) is 5.10 Å². The molecule has 0 spiro atoms. The highest BCUT2D eigenvalue weighted by atomic mass is 35.5. The van der Waals surface area contributed by atoms with Crippen LogP contribution in [0, 0.1) is 0 Å². The predicted octanol–water partition coefficient (Wildman–Crippen LogP) is 4.97. The minimum absolute atomic E-state index is 0.192. The van der Waals surface area contributed by atoms with E-state index in [9.17, 15) is 4.79 Å². The molecular weight excluding hydrogens is 449 g/mol. The van der Waals surface area contributed by atoms with Gasteiger partial charge in [0, 0.05) is 11.2 Å². The fraction of sp³-hybridized carbons (Fsp3) is 0.130. The van der Waals surface area contributed by atoms with Crippen molar-refractivity contribution in [3.05, 3.63) is 80.8 Å². The Kier molecular flexibility index (Phi) is 5.07. The third kappa shape index (κ3) is 3.21. The average molecular weight is 466 g/mol. The van der Waals surface area contributed by atoms with Crippen LogP contribution in [0.1, 0.15) is 12.6 Å². The quantitative estimate of drug-likeness (QED) is 0.374. The van der Waals surface area contributed by atoms with Crippen LogP contribution in [0.4, 0.5) is 0 Å². The number of hydrogen-bond donors (Lipinski definition) is 0. The zero-order valence-corrected chi connectivity index (χ0v) is 18.7. The molecule has 3 heterocycles. The number of ether oxygens (including phenoxy) is 1. The highest BCUT2D eigenvalue weighted by Gasteiger charge is 2.19. The summed E-state index contributed by atoms with van der Waals surface area (Å²) in [6.45, 7) is 2.03. The molecule has 0 aliphatic carbocycles. The smallest absolute Gasteiger partial charge is 0.285 e. The summed E-state index contributed by atoms with van der Waals surface area (Å²) in [5, 5.41) is 14.2. The van der Waals surface area contributed by atoms with Gasteiger partial charge >= 0.3 is 0 Å². The molecule has 2 aromatic carbocycles. The first kappa shape index (κ1) is 20.5. The van der Waals surface area contributed by atoms with Crippen molar-refractivity contribution in [1.82, 2.24) is 24.4 Å². The third-order valence-electron chi connectivity index (χ3n) is 5.33. The van der Waals surface area contributed by atoms with Crippen LogP contribution < -0.4 is 10.3 Å². The van der Waals surface area contributed by atoms with Gasteiger partial charge in [-0.15, -0.1) is 10.2 Å². The number of methoxy groups -OCH3 is 1. The number of rotatable bonds is 4. The van der Waals surface area contributed by atoms with E-state index in [1.807, 2.05) is 31.2 Å². The maximum atomic E-state index is 13.2. The Labute approximate surface area is 192 Å². The molecule has 0 aliphatic rings. The minimum atomic E-state index is -0.347. The number of hydrogen-bond acceptors (Lipinski definition) is 5. The SMILES string of the molecule is CCc1nn2c(nnc3c(=O)n(-c4ccc(Cl)cc4Cl)ccc32)c1-c1ccc(OC)cc1. The van der Waals surface area contributed by atoms with Crippen molar-refractivity contribution in [1.29, 1.82) is 0 Å². The molecule has 160 valence electrons. The van der Waals surface area contributed by atoms with E-state index in [0.29, 0.717) is 33.3 Å².